The molecule has 0 aromatic carbocycles. The minimum Gasteiger partial charge on any atom is -0.388 e. The van der Waals surface area contributed by atoms with Crippen LogP contribution in [0.15, 0.2) is 0 Å². The molecule has 0 saturated heterocycles. The zero-order valence-electron chi connectivity index (χ0n) is 11.9. The number of aliphatic hydroxyl groups is 2. The molecular weight excluding hydrogens is 236 g/mol. The van der Waals surface area contributed by atoms with E-state index in [0.29, 0.717) is 0 Å². The summed E-state index contributed by atoms with van der Waals surface area (Å²) < 4.78 is 0. The van der Waals surface area contributed by atoms with Crippen molar-refractivity contribution in [2.24, 2.45) is 0 Å². The van der Waals surface area contributed by atoms with E-state index in [1.54, 1.807) is 13.8 Å². The van der Waals surface area contributed by atoms with E-state index in [-0.39, 0.29) is 0 Å². The quantitative estimate of drug-likeness (QED) is 0.514. The summed E-state index contributed by atoms with van der Waals surface area (Å²) in [6, 6.07) is -1.12. The Balaban J connectivity index is 4.42. The summed E-state index contributed by atoms with van der Waals surface area (Å²) in [7, 11) is 0. The Morgan fingerprint density at radius 2 is 1.06 bits per heavy atom. The molecule has 6 heteroatoms. The molecule has 0 spiro atoms. The molecule has 0 aromatic rings. The first-order valence-electron chi connectivity index (χ1n) is 5.91. The van der Waals surface area contributed by atoms with E-state index in [0.717, 1.165) is 0 Å². The van der Waals surface area contributed by atoms with Crippen LogP contribution in [0, 0.1) is 0 Å². The Morgan fingerprint density at radius 1 is 0.833 bits per heavy atom. The summed E-state index contributed by atoms with van der Waals surface area (Å²) in [6.45, 7) is 9.35. The third kappa shape index (κ3) is 5.46. The van der Waals surface area contributed by atoms with E-state index in [2.05, 4.69) is 10.6 Å². The van der Waals surface area contributed by atoms with Crippen LogP contribution in [0.25, 0.3) is 0 Å². The third-order valence-corrected chi connectivity index (χ3v) is 3.02. The molecule has 6 nitrogen and oxygen atoms in total. The normalized spacial score (nSPS) is 15.8. The van der Waals surface area contributed by atoms with Crippen LogP contribution in [0.4, 0.5) is 0 Å². The number of rotatable bonds is 4. The first-order chi connectivity index (χ1) is 7.85. The number of hydrogen-bond donors (Lipinski definition) is 4. The van der Waals surface area contributed by atoms with Gasteiger partial charge in [0.05, 0.1) is 23.3 Å². The molecular formula is C12H24N2O4. The van der Waals surface area contributed by atoms with Gasteiger partial charge >= 0.3 is 11.8 Å². The number of hydrogen-bond acceptors (Lipinski definition) is 4. The maximum Gasteiger partial charge on any atom is 0.309 e. The summed E-state index contributed by atoms with van der Waals surface area (Å²) in [5, 5.41) is 24.1. The van der Waals surface area contributed by atoms with Crippen LogP contribution in [0.5, 0.6) is 0 Å². The van der Waals surface area contributed by atoms with Gasteiger partial charge in [-0.25, -0.2) is 0 Å². The number of amides is 2. The minimum absolute atomic E-state index is 0.562. The van der Waals surface area contributed by atoms with Crippen molar-refractivity contribution in [2.75, 3.05) is 0 Å². The highest BCUT2D eigenvalue weighted by atomic mass is 16.3. The Morgan fingerprint density at radius 3 is 1.22 bits per heavy atom. The van der Waals surface area contributed by atoms with Crippen molar-refractivity contribution in [1.82, 2.24) is 10.6 Å². The highest BCUT2D eigenvalue weighted by molar-refractivity contribution is 6.35. The molecule has 0 rings (SSSR count). The van der Waals surface area contributed by atoms with Gasteiger partial charge in [0.15, 0.2) is 0 Å². The average molecular weight is 260 g/mol. The largest absolute Gasteiger partial charge is 0.388 e. The van der Waals surface area contributed by atoms with Crippen molar-refractivity contribution < 1.29 is 19.8 Å². The molecule has 0 fully saturated rings. The van der Waals surface area contributed by atoms with Gasteiger partial charge in [-0.1, -0.05) is 0 Å². The molecule has 2 amide bonds. The van der Waals surface area contributed by atoms with Gasteiger partial charge in [-0.2, -0.15) is 0 Å². The predicted octanol–water partition coefficient (Wildman–Crippen LogP) is -0.462. The topological polar surface area (TPSA) is 98.7 Å². The van der Waals surface area contributed by atoms with Crippen molar-refractivity contribution in [3.05, 3.63) is 0 Å². The second kappa shape index (κ2) is 5.67. The Hall–Kier alpha value is -1.14. The molecule has 0 bridgehead atoms. The number of carbonyl (C=O) groups excluding carboxylic acids is 2. The van der Waals surface area contributed by atoms with Crippen molar-refractivity contribution >= 4 is 11.8 Å². The van der Waals surface area contributed by atoms with E-state index in [1.807, 2.05) is 0 Å². The minimum atomic E-state index is -1.11. The van der Waals surface area contributed by atoms with Crippen molar-refractivity contribution in [3.63, 3.8) is 0 Å². The fourth-order valence-corrected chi connectivity index (χ4v) is 0.878. The smallest absolute Gasteiger partial charge is 0.309 e. The van der Waals surface area contributed by atoms with Crippen molar-refractivity contribution in [1.29, 1.82) is 0 Å². The van der Waals surface area contributed by atoms with Gasteiger partial charge in [-0.3, -0.25) is 9.59 Å². The van der Waals surface area contributed by atoms with Gasteiger partial charge in [0.2, 0.25) is 0 Å². The summed E-state index contributed by atoms with van der Waals surface area (Å²) in [5.41, 5.74) is -2.23. The molecule has 0 aliphatic heterocycles. The lowest BCUT2D eigenvalue weighted by atomic mass is 10.00. The molecule has 0 aromatic heterocycles. The number of carbonyl (C=O) groups is 2. The fourth-order valence-electron chi connectivity index (χ4n) is 0.878. The van der Waals surface area contributed by atoms with Gasteiger partial charge in [-0.15, -0.1) is 0 Å². The summed E-state index contributed by atoms with van der Waals surface area (Å²) in [4.78, 5) is 23.1. The Labute approximate surface area is 108 Å². The summed E-state index contributed by atoms with van der Waals surface area (Å²) >= 11 is 0. The third-order valence-electron chi connectivity index (χ3n) is 3.02. The number of nitrogens with one attached hydrogen (secondary N) is 2. The fraction of sp³-hybridized carbons (Fsp3) is 0.833. The van der Waals surface area contributed by atoms with E-state index in [1.165, 1.54) is 27.7 Å². The van der Waals surface area contributed by atoms with Gasteiger partial charge in [0.1, 0.15) is 0 Å². The van der Waals surface area contributed by atoms with E-state index >= 15 is 0 Å². The maximum atomic E-state index is 11.5. The molecule has 0 unspecified atom stereocenters. The van der Waals surface area contributed by atoms with Crippen LogP contribution in [-0.4, -0.2) is 45.3 Å². The molecule has 0 heterocycles. The lowest BCUT2D eigenvalue weighted by Crippen LogP contribution is -2.55. The molecule has 0 aliphatic rings. The van der Waals surface area contributed by atoms with Crippen molar-refractivity contribution in [3.8, 4) is 0 Å². The highest BCUT2D eigenvalue weighted by Gasteiger charge is 2.29. The maximum absolute atomic E-state index is 11.5. The van der Waals surface area contributed by atoms with Crippen molar-refractivity contribution in [2.45, 2.75) is 64.8 Å². The Kier molecular flexibility index (Phi) is 5.31. The average Bonchev–Trinajstić information content (AvgIpc) is 2.14. The van der Waals surface area contributed by atoms with Crippen LogP contribution in [0.2, 0.25) is 0 Å². The first-order valence-corrected chi connectivity index (χ1v) is 5.91. The van der Waals surface area contributed by atoms with Gasteiger partial charge < -0.3 is 20.8 Å². The van der Waals surface area contributed by atoms with Gasteiger partial charge in [0, 0.05) is 0 Å². The van der Waals surface area contributed by atoms with Crippen LogP contribution in [0.1, 0.15) is 41.5 Å². The molecule has 0 saturated carbocycles. The van der Waals surface area contributed by atoms with Crippen LogP contribution < -0.4 is 10.6 Å². The van der Waals surface area contributed by atoms with E-state index in [4.69, 9.17) is 0 Å². The second-order valence-electron chi connectivity index (χ2n) is 5.70. The highest BCUT2D eigenvalue weighted by Crippen LogP contribution is 2.08. The molecule has 106 valence electrons. The molecule has 0 radical (unpaired) electrons. The summed E-state index contributed by atoms with van der Waals surface area (Å²) in [6.07, 6.45) is 0. The first kappa shape index (κ1) is 16.9. The lowest BCUT2D eigenvalue weighted by Gasteiger charge is -2.28. The zero-order chi connectivity index (χ0) is 14.7. The second-order valence-corrected chi connectivity index (χ2v) is 5.70. The van der Waals surface area contributed by atoms with E-state index in [9.17, 15) is 19.8 Å². The SMILES string of the molecule is C[C@@H](NC(=O)C(=O)N[C@H](C)C(C)(C)O)C(C)(C)O. The predicted molar refractivity (Wildman–Crippen MR) is 67.8 cm³/mol. The molecule has 0 aliphatic carbocycles. The lowest BCUT2D eigenvalue weighted by molar-refractivity contribution is -0.141. The zero-order valence-corrected chi connectivity index (χ0v) is 11.9. The Bertz CT molecular complexity index is 283. The molecule has 4 N–H and O–H groups in total. The van der Waals surface area contributed by atoms with Gasteiger partial charge in [-0.05, 0) is 41.5 Å². The molecule has 18 heavy (non-hydrogen) atoms. The van der Waals surface area contributed by atoms with Gasteiger partial charge in [0.25, 0.3) is 0 Å². The van der Waals surface area contributed by atoms with Crippen LogP contribution >= 0.6 is 0 Å². The standard InChI is InChI=1S/C12H24N2O4/c1-7(11(3,4)17)13-9(15)10(16)14-8(2)12(5,6)18/h7-8,17-18H,1-6H3,(H,13,15)(H,14,16)/t7-,8-/m1/s1. The van der Waals surface area contributed by atoms with E-state index < -0.39 is 35.1 Å². The monoisotopic (exact) mass is 260 g/mol. The van der Waals surface area contributed by atoms with Crippen LogP contribution in [0.3, 0.4) is 0 Å². The summed E-state index contributed by atoms with van der Waals surface area (Å²) in [5.74, 6) is -1.67. The molecule has 2 atom stereocenters. The van der Waals surface area contributed by atoms with Crippen LogP contribution in [-0.2, 0) is 9.59 Å².